The minimum Gasteiger partial charge on any atom is -0.444 e. The first-order chi connectivity index (χ1) is 10.4. The smallest absolute Gasteiger partial charge is 0.410 e. The molecule has 0 spiro atoms. The van der Waals surface area contributed by atoms with Crippen LogP contribution >= 0.6 is 0 Å². The lowest BCUT2D eigenvalue weighted by Crippen LogP contribution is -2.70. The van der Waals surface area contributed by atoms with Gasteiger partial charge >= 0.3 is 6.09 Å². The van der Waals surface area contributed by atoms with E-state index in [2.05, 4.69) is 9.88 Å². The van der Waals surface area contributed by atoms with Crippen molar-refractivity contribution in [2.75, 3.05) is 18.0 Å². The number of anilines is 1. The Labute approximate surface area is 130 Å². The molecule has 0 aromatic carbocycles. The van der Waals surface area contributed by atoms with Gasteiger partial charge in [-0.3, -0.25) is 9.69 Å². The summed E-state index contributed by atoms with van der Waals surface area (Å²) in [4.78, 5) is 31.2. The molecule has 118 valence electrons. The number of aromatic nitrogens is 1. The zero-order chi connectivity index (χ0) is 15.9. The van der Waals surface area contributed by atoms with E-state index in [9.17, 15) is 9.59 Å². The van der Waals surface area contributed by atoms with Crippen molar-refractivity contribution in [1.82, 2.24) is 9.88 Å². The standard InChI is InChI=1S/C16H21N3O3/c1-16(2,3)22-15(21)19-12-6-13(19)9-18(8-12)14-5-4-11(10-20)7-17-14/h4-5,7,10,12-13H,6,8-9H2,1-3H3. The van der Waals surface area contributed by atoms with Crippen molar-refractivity contribution in [2.24, 2.45) is 0 Å². The van der Waals surface area contributed by atoms with Crippen LogP contribution in [0.1, 0.15) is 37.6 Å². The highest BCUT2D eigenvalue weighted by atomic mass is 16.6. The quantitative estimate of drug-likeness (QED) is 0.783. The molecule has 3 fully saturated rings. The van der Waals surface area contributed by atoms with Crippen molar-refractivity contribution >= 4 is 18.2 Å². The number of pyridine rings is 1. The van der Waals surface area contributed by atoms with Crippen molar-refractivity contribution in [3.63, 3.8) is 0 Å². The van der Waals surface area contributed by atoms with Crippen molar-refractivity contribution in [3.05, 3.63) is 23.9 Å². The van der Waals surface area contributed by atoms with Crippen LogP contribution in [0.5, 0.6) is 0 Å². The summed E-state index contributed by atoms with van der Waals surface area (Å²) in [7, 11) is 0. The molecule has 0 saturated carbocycles. The summed E-state index contributed by atoms with van der Waals surface area (Å²) in [5.41, 5.74) is 0.105. The summed E-state index contributed by atoms with van der Waals surface area (Å²) in [6.45, 7) is 7.15. The van der Waals surface area contributed by atoms with Crippen molar-refractivity contribution in [3.8, 4) is 0 Å². The maximum Gasteiger partial charge on any atom is 0.410 e. The number of piperidine rings is 1. The Bertz CT molecular complexity index is 567. The van der Waals surface area contributed by atoms with Gasteiger partial charge in [-0.25, -0.2) is 9.78 Å². The number of amides is 1. The van der Waals surface area contributed by atoms with Gasteiger partial charge in [0, 0.05) is 24.8 Å². The predicted molar refractivity (Wildman–Crippen MR) is 82.1 cm³/mol. The molecule has 2 atom stereocenters. The lowest BCUT2D eigenvalue weighted by molar-refractivity contribution is -0.0380. The van der Waals surface area contributed by atoms with Crippen molar-refractivity contribution < 1.29 is 14.3 Å². The highest BCUT2D eigenvalue weighted by Crippen LogP contribution is 2.35. The molecule has 3 aliphatic rings. The van der Waals surface area contributed by atoms with Gasteiger partial charge in [-0.2, -0.15) is 0 Å². The highest BCUT2D eigenvalue weighted by molar-refractivity contribution is 5.74. The van der Waals surface area contributed by atoms with Gasteiger partial charge < -0.3 is 9.64 Å². The van der Waals surface area contributed by atoms with Crippen LogP contribution in [0.4, 0.5) is 10.6 Å². The third-order valence-electron chi connectivity index (χ3n) is 4.03. The first-order valence-corrected chi connectivity index (χ1v) is 7.55. The molecule has 2 bridgehead atoms. The van der Waals surface area contributed by atoms with Crippen LogP contribution in [0.15, 0.2) is 18.3 Å². The Balaban J connectivity index is 1.64. The van der Waals surface area contributed by atoms with E-state index in [1.807, 2.05) is 31.7 Å². The molecule has 6 heteroatoms. The van der Waals surface area contributed by atoms with Crippen LogP contribution in [-0.4, -0.2) is 53.0 Å². The first-order valence-electron chi connectivity index (χ1n) is 7.55. The van der Waals surface area contributed by atoms with Crippen LogP contribution in [0.25, 0.3) is 0 Å². The fraction of sp³-hybridized carbons (Fsp3) is 0.562. The number of piperazine rings is 1. The molecule has 0 aliphatic carbocycles. The van der Waals surface area contributed by atoms with Crippen molar-refractivity contribution in [2.45, 2.75) is 44.9 Å². The summed E-state index contributed by atoms with van der Waals surface area (Å²) in [6, 6.07) is 3.98. The maximum absolute atomic E-state index is 12.2. The second-order valence-electron chi connectivity index (χ2n) is 6.90. The minimum atomic E-state index is -0.465. The third kappa shape index (κ3) is 2.77. The van der Waals surface area contributed by atoms with Gasteiger partial charge in [-0.05, 0) is 39.3 Å². The van der Waals surface area contributed by atoms with E-state index in [1.165, 1.54) is 0 Å². The van der Waals surface area contributed by atoms with Crippen LogP contribution in [0.3, 0.4) is 0 Å². The van der Waals surface area contributed by atoms with E-state index < -0.39 is 5.60 Å². The average Bonchev–Trinajstić information content (AvgIpc) is 2.45. The molecule has 3 aliphatic heterocycles. The molecule has 1 aromatic heterocycles. The van der Waals surface area contributed by atoms with Gasteiger partial charge in [-0.15, -0.1) is 0 Å². The van der Waals surface area contributed by atoms with Gasteiger partial charge in [0.05, 0.1) is 12.1 Å². The molecule has 4 rings (SSSR count). The monoisotopic (exact) mass is 303 g/mol. The predicted octanol–water partition coefficient (Wildman–Crippen LogP) is 2.09. The number of carbonyl (C=O) groups excluding carboxylic acids is 2. The topological polar surface area (TPSA) is 62.7 Å². The van der Waals surface area contributed by atoms with E-state index in [4.69, 9.17) is 4.74 Å². The van der Waals surface area contributed by atoms with Gasteiger partial charge in [0.2, 0.25) is 0 Å². The van der Waals surface area contributed by atoms with E-state index in [0.29, 0.717) is 5.56 Å². The van der Waals surface area contributed by atoms with Crippen LogP contribution in [-0.2, 0) is 4.74 Å². The molecule has 0 radical (unpaired) electrons. The number of nitrogens with zero attached hydrogens (tertiary/aromatic N) is 3. The lowest BCUT2D eigenvalue weighted by Gasteiger charge is -2.56. The Morgan fingerprint density at radius 1 is 1.32 bits per heavy atom. The Morgan fingerprint density at radius 2 is 2.00 bits per heavy atom. The molecule has 4 heterocycles. The molecule has 0 N–H and O–H groups in total. The third-order valence-corrected chi connectivity index (χ3v) is 4.03. The molecule has 22 heavy (non-hydrogen) atoms. The fourth-order valence-electron chi connectivity index (χ4n) is 3.06. The number of fused-ring (bicyclic) bond motifs is 2. The Kier molecular flexibility index (Phi) is 3.54. The summed E-state index contributed by atoms with van der Waals surface area (Å²) in [5.74, 6) is 0.851. The summed E-state index contributed by atoms with van der Waals surface area (Å²) < 4.78 is 5.46. The number of ether oxygens (including phenoxy) is 1. The maximum atomic E-state index is 12.2. The molecule has 2 unspecified atom stereocenters. The second kappa shape index (κ2) is 5.26. The fourth-order valence-corrected chi connectivity index (χ4v) is 3.06. The largest absolute Gasteiger partial charge is 0.444 e. The van der Waals surface area contributed by atoms with Crippen LogP contribution in [0, 0.1) is 0 Å². The number of rotatable bonds is 2. The van der Waals surface area contributed by atoms with Crippen LogP contribution in [0.2, 0.25) is 0 Å². The zero-order valence-electron chi connectivity index (χ0n) is 13.2. The Morgan fingerprint density at radius 3 is 2.50 bits per heavy atom. The lowest BCUT2D eigenvalue weighted by atomic mass is 9.88. The normalized spacial score (nSPS) is 23.8. The first kappa shape index (κ1) is 14.8. The summed E-state index contributed by atoms with van der Waals surface area (Å²) in [5, 5.41) is 0. The minimum absolute atomic E-state index is 0.182. The van der Waals surface area contributed by atoms with Gasteiger partial charge in [-0.1, -0.05) is 0 Å². The zero-order valence-corrected chi connectivity index (χ0v) is 13.2. The van der Waals surface area contributed by atoms with E-state index >= 15 is 0 Å². The van der Waals surface area contributed by atoms with E-state index in [0.717, 1.165) is 31.6 Å². The highest BCUT2D eigenvalue weighted by Gasteiger charge is 2.49. The molecular formula is C16H21N3O3. The summed E-state index contributed by atoms with van der Waals surface area (Å²) >= 11 is 0. The number of hydrogen-bond acceptors (Lipinski definition) is 5. The van der Waals surface area contributed by atoms with Gasteiger partial charge in [0.25, 0.3) is 0 Å². The number of aldehydes is 1. The van der Waals surface area contributed by atoms with E-state index in [1.54, 1.807) is 12.3 Å². The molecule has 1 aromatic rings. The van der Waals surface area contributed by atoms with E-state index in [-0.39, 0.29) is 18.2 Å². The molecule has 1 amide bonds. The molecule has 3 saturated heterocycles. The summed E-state index contributed by atoms with van der Waals surface area (Å²) in [6.07, 6.45) is 3.16. The molecular weight excluding hydrogens is 282 g/mol. The SMILES string of the molecule is CC(C)(C)OC(=O)N1C2CC1CN(c1ccc(C=O)cn1)C2. The Hall–Kier alpha value is -2.11. The second-order valence-corrected chi connectivity index (χ2v) is 6.90. The van der Waals surface area contributed by atoms with Gasteiger partial charge in [0.15, 0.2) is 6.29 Å². The van der Waals surface area contributed by atoms with Gasteiger partial charge in [0.1, 0.15) is 11.4 Å². The number of carbonyl (C=O) groups is 2. The van der Waals surface area contributed by atoms with Crippen molar-refractivity contribution in [1.29, 1.82) is 0 Å². The molecule has 6 nitrogen and oxygen atoms in total. The average molecular weight is 303 g/mol. The van der Waals surface area contributed by atoms with Crippen LogP contribution < -0.4 is 4.90 Å². The number of hydrogen-bond donors (Lipinski definition) is 0.